The maximum absolute atomic E-state index is 6.51. The summed E-state index contributed by atoms with van der Waals surface area (Å²) in [5.41, 5.74) is 0. The third kappa shape index (κ3) is 6.10. The van der Waals surface area contributed by atoms with Crippen molar-refractivity contribution in [3.05, 3.63) is 24.3 Å². The van der Waals surface area contributed by atoms with Crippen molar-refractivity contribution in [2.45, 2.75) is 78.6 Å². The van der Waals surface area contributed by atoms with E-state index in [1.54, 1.807) is 7.11 Å². The fraction of sp³-hybridized carbons (Fsp3) is 0.684. The third-order valence-electron chi connectivity index (χ3n) is 5.12. The van der Waals surface area contributed by atoms with Gasteiger partial charge in [0.2, 0.25) is 0 Å². The average molecular weight is 628 g/mol. The number of hydrogen-bond acceptors (Lipinski definition) is 6. The number of methoxy groups -OCH3 is 1. The van der Waals surface area contributed by atoms with Crippen molar-refractivity contribution in [2.75, 3.05) is 7.11 Å². The van der Waals surface area contributed by atoms with E-state index in [-0.39, 0.29) is 0 Å². The Morgan fingerprint density at radius 1 is 0.710 bits per heavy atom. The summed E-state index contributed by atoms with van der Waals surface area (Å²) >= 11 is 3.78. The zero-order chi connectivity index (χ0) is 24.3. The second-order valence-electron chi connectivity index (χ2n) is 12.3. The van der Waals surface area contributed by atoms with Gasteiger partial charge in [-0.3, -0.25) is 0 Å². The molecule has 0 atom stereocenters. The van der Waals surface area contributed by atoms with Gasteiger partial charge >= 0.3 is 212 Å². The molecule has 0 radical (unpaired) electrons. The van der Waals surface area contributed by atoms with E-state index >= 15 is 0 Å². The van der Waals surface area contributed by atoms with Crippen molar-refractivity contribution in [3.63, 3.8) is 0 Å². The van der Waals surface area contributed by atoms with Gasteiger partial charge in [0.15, 0.2) is 0 Å². The van der Waals surface area contributed by atoms with E-state index in [1.807, 2.05) is 0 Å². The van der Waals surface area contributed by atoms with Crippen LogP contribution >= 0.6 is 23.9 Å². The molecular formula is C19H43GeN2OPS3Si4. The van der Waals surface area contributed by atoms with Gasteiger partial charge in [0.05, 0.1) is 0 Å². The Labute approximate surface area is 210 Å². The second-order valence-corrected chi connectivity index (χ2v) is 64.4. The normalized spacial score (nSPS) is 19.5. The zero-order valence-electron chi connectivity index (χ0n) is 21.8. The molecule has 1 heterocycles. The molecule has 0 amide bonds. The molecule has 0 spiro atoms. The van der Waals surface area contributed by atoms with Gasteiger partial charge < -0.3 is 0 Å². The number of nitrogens with zero attached hydrogens (tertiary/aromatic N) is 2. The fourth-order valence-electron chi connectivity index (χ4n) is 5.16. The van der Waals surface area contributed by atoms with Crippen LogP contribution in [0.15, 0.2) is 24.3 Å². The number of ether oxygens (including phenoxy) is 1. The summed E-state index contributed by atoms with van der Waals surface area (Å²) in [6, 6.07) is 8.68. The third-order valence-corrected chi connectivity index (χ3v) is 101. The van der Waals surface area contributed by atoms with Crippen molar-refractivity contribution >= 4 is 85.3 Å². The summed E-state index contributed by atoms with van der Waals surface area (Å²) in [7, 11) is 0.277. The Balaban J connectivity index is 2.70. The predicted molar refractivity (Wildman–Crippen MR) is 165 cm³/mol. The van der Waals surface area contributed by atoms with E-state index in [2.05, 4.69) is 129 Å². The maximum atomic E-state index is 6.51. The first-order valence-electron chi connectivity index (χ1n) is 11.0. The van der Waals surface area contributed by atoms with Crippen molar-refractivity contribution in [3.8, 4) is 5.75 Å². The summed E-state index contributed by atoms with van der Waals surface area (Å²) in [5.74, 6) is 0.922. The molecule has 1 aliphatic rings. The van der Waals surface area contributed by atoms with E-state index in [0.29, 0.717) is 0 Å². The van der Waals surface area contributed by atoms with Gasteiger partial charge in [-0.15, -0.1) is 0 Å². The first-order valence-corrected chi connectivity index (χ1v) is 37.4. The standard InChI is InChI=1S/C19H43GeN2OPS3Si4/c1-23-18-14-16-19(17-15-18)24(25)26-20(27-24,21(28(2,3)4)29(5,6)7)22(30(8,9)10)31(11,12)13/h14-17H,1-13H3. The molecule has 3 nitrogen and oxygen atoms in total. The average Bonchev–Trinajstić information content (AvgIpc) is 2.47. The summed E-state index contributed by atoms with van der Waals surface area (Å²) in [6.07, 6.45) is 0. The van der Waals surface area contributed by atoms with E-state index in [1.165, 1.54) is 5.30 Å². The number of hydrogen-bond donors (Lipinski definition) is 0. The summed E-state index contributed by atoms with van der Waals surface area (Å²) in [5, 5.41) is 1.37. The van der Waals surface area contributed by atoms with Crippen molar-refractivity contribution in [1.29, 1.82) is 0 Å². The SMILES string of the molecule is COc1ccc(P2(=S)[S][Ge]([N]([Si](C)(C)C)[Si](C)(C)C)([N]([Si](C)(C)C)[Si](C)(C)C)[S]2)cc1. The van der Waals surface area contributed by atoms with E-state index in [9.17, 15) is 0 Å². The van der Waals surface area contributed by atoms with Gasteiger partial charge in [-0.1, -0.05) is 0 Å². The number of rotatable bonds is 8. The molecule has 178 valence electrons. The second kappa shape index (κ2) is 9.29. The Morgan fingerprint density at radius 2 is 1.03 bits per heavy atom. The van der Waals surface area contributed by atoms with Crippen LogP contribution in [0.2, 0.25) is 78.6 Å². The number of benzene rings is 1. The molecule has 2 rings (SSSR count). The molecule has 0 unspecified atom stereocenters. The minimum absolute atomic E-state index is 0.922. The van der Waals surface area contributed by atoms with Crippen LogP contribution in [0.1, 0.15) is 0 Å². The van der Waals surface area contributed by atoms with Crippen LogP contribution in [0, 0.1) is 0 Å². The van der Waals surface area contributed by atoms with Crippen molar-refractivity contribution < 1.29 is 4.74 Å². The Kier molecular flexibility index (Phi) is 8.67. The molecule has 1 fully saturated rings. The first kappa shape index (κ1) is 28.9. The molecule has 0 N–H and O–H groups in total. The Bertz CT molecular complexity index is 776. The topological polar surface area (TPSA) is 15.7 Å². The van der Waals surface area contributed by atoms with Crippen LogP contribution in [0.5, 0.6) is 5.75 Å². The molecule has 0 aliphatic carbocycles. The van der Waals surface area contributed by atoms with Crippen LogP contribution in [0.4, 0.5) is 0 Å². The minimum atomic E-state index is -2.73. The summed E-state index contributed by atoms with van der Waals surface area (Å²) in [6.45, 7) is 31.0. The summed E-state index contributed by atoms with van der Waals surface area (Å²) in [4.78, 5) is 0. The van der Waals surface area contributed by atoms with Crippen LogP contribution in [-0.4, -0.2) is 57.9 Å². The predicted octanol–water partition coefficient (Wildman–Crippen LogP) is 7.49. The molecule has 31 heavy (non-hydrogen) atoms. The zero-order valence-corrected chi connectivity index (χ0v) is 31.2. The molecule has 0 aromatic heterocycles. The van der Waals surface area contributed by atoms with Gasteiger partial charge in [-0.2, -0.15) is 0 Å². The van der Waals surface area contributed by atoms with Crippen molar-refractivity contribution in [1.82, 2.24) is 6.38 Å². The quantitative estimate of drug-likeness (QED) is 0.218. The summed E-state index contributed by atoms with van der Waals surface area (Å²) < 4.78 is 10.2. The molecule has 0 saturated carbocycles. The van der Waals surface area contributed by atoms with Crippen LogP contribution in [0.25, 0.3) is 0 Å². The van der Waals surface area contributed by atoms with Crippen LogP contribution < -0.4 is 10.0 Å². The van der Waals surface area contributed by atoms with Crippen molar-refractivity contribution in [2.24, 2.45) is 0 Å². The van der Waals surface area contributed by atoms with Gasteiger partial charge in [-0.05, 0) is 0 Å². The van der Waals surface area contributed by atoms with Gasteiger partial charge in [-0.25, -0.2) is 0 Å². The molecule has 1 saturated heterocycles. The van der Waals surface area contributed by atoms with E-state index in [0.717, 1.165) is 5.75 Å². The van der Waals surface area contributed by atoms with Gasteiger partial charge in [0.1, 0.15) is 0 Å². The van der Waals surface area contributed by atoms with Gasteiger partial charge in [0, 0.05) is 0 Å². The van der Waals surface area contributed by atoms with E-state index in [4.69, 9.17) is 16.5 Å². The van der Waals surface area contributed by atoms with Crippen LogP contribution in [0.3, 0.4) is 0 Å². The van der Waals surface area contributed by atoms with Crippen LogP contribution in [-0.2, 0) is 11.8 Å². The molecule has 1 aromatic carbocycles. The molecule has 0 bridgehead atoms. The fourth-order valence-corrected chi connectivity index (χ4v) is 159. The monoisotopic (exact) mass is 628 g/mol. The molecule has 12 heteroatoms. The first-order chi connectivity index (χ1) is 13.7. The molecular weight excluding hydrogens is 584 g/mol. The molecule has 1 aromatic rings. The van der Waals surface area contributed by atoms with E-state index < -0.39 is 48.8 Å². The molecule has 1 aliphatic heterocycles. The Hall–Kier alpha value is 1.70. The van der Waals surface area contributed by atoms with Gasteiger partial charge in [0.25, 0.3) is 0 Å². The Morgan fingerprint density at radius 3 is 1.29 bits per heavy atom.